The molecule has 1 amide bonds. The first-order valence-corrected chi connectivity index (χ1v) is 10.3. The normalized spacial score (nSPS) is 22.5. The fraction of sp³-hybridized carbons (Fsp3) is 0.444. The highest BCUT2D eigenvalue weighted by atomic mass is 32.2. The van der Waals surface area contributed by atoms with Gasteiger partial charge in [-0.25, -0.2) is 4.98 Å². The molecule has 136 valence electrons. The molecular weight excluding hydrogens is 366 g/mol. The van der Waals surface area contributed by atoms with Crippen molar-refractivity contribution in [3.05, 3.63) is 23.8 Å². The summed E-state index contributed by atoms with van der Waals surface area (Å²) in [6, 6.07) is 6.29. The van der Waals surface area contributed by atoms with E-state index in [1.807, 2.05) is 10.6 Å². The molecular formula is C18H21N5OS2. The molecule has 2 atom stereocenters. The standard InChI is InChI=1S/C18H21N5OS2/c19-16(25)13-3-1-2-12(13)8-11-4-5-14-15(9-11)23(17(22-14)21-10-24)18-20-6-7-26-18/h4-5,9-10,12-13H,1-3,6-8H2,(H2,19,25)(H,21,22,24). The van der Waals surface area contributed by atoms with Gasteiger partial charge in [-0.3, -0.25) is 19.7 Å². The quantitative estimate of drug-likeness (QED) is 0.609. The Morgan fingerprint density at radius 3 is 3.08 bits per heavy atom. The Bertz CT molecular complexity index is 891. The zero-order valence-electron chi connectivity index (χ0n) is 14.4. The van der Waals surface area contributed by atoms with Crippen molar-refractivity contribution in [2.24, 2.45) is 22.6 Å². The maximum Gasteiger partial charge on any atom is 0.216 e. The zero-order chi connectivity index (χ0) is 18.1. The monoisotopic (exact) mass is 387 g/mol. The third-order valence-corrected chi connectivity index (χ3v) is 6.45. The molecule has 1 aliphatic heterocycles. The lowest BCUT2D eigenvalue weighted by atomic mass is 9.89. The highest BCUT2D eigenvalue weighted by molar-refractivity contribution is 8.14. The van der Waals surface area contributed by atoms with E-state index in [9.17, 15) is 4.79 Å². The number of fused-ring (bicyclic) bond motifs is 1. The third-order valence-electron chi connectivity index (χ3n) is 5.19. The number of carbonyl (C=O) groups excluding carboxylic acids is 1. The van der Waals surface area contributed by atoms with Crippen molar-refractivity contribution in [2.75, 3.05) is 17.6 Å². The molecule has 2 aliphatic rings. The summed E-state index contributed by atoms with van der Waals surface area (Å²) in [6.07, 6.45) is 5.07. The van der Waals surface area contributed by atoms with Gasteiger partial charge in [-0.15, -0.1) is 0 Å². The van der Waals surface area contributed by atoms with Crippen molar-refractivity contribution in [1.29, 1.82) is 0 Å². The molecule has 2 aromatic rings. The number of amides is 1. The minimum atomic E-state index is 0.340. The number of nitrogens with zero attached hydrogens (tertiary/aromatic N) is 3. The number of imidazole rings is 1. The van der Waals surface area contributed by atoms with Crippen LogP contribution in [0, 0.1) is 11.8 Å². The molecule has 6 nitrogen and oxygen atoms in total. The van der Waals surface area contributed by atoms with Gasteiger partial charge in [0.1, 0.15) is 0 Å². The second-order valence-electron chi connectivity index (χ2n) is 6.77. The van der Waals surface area contributed by atoms with Gasteiger partial charge in [-0.05, 0) is 42.9 Å². The fourth-order valence-corrected chi connectivity index (χ4v) is 5.18. The van der Waals surface area contributed by atoms with Crippen molar-refractivity contribution < 1.29 is 4.79 Å². The molecule has 4 rings (SSSR count). The molecule has 0 bridgehead atoms. The van der Waals surface area contributed by atoms with Crippen LogP contribution >= 0.6 is 24.0 Å². The summed E-state index contributed by atoms with van der Waals surface area (Å²) >= 11 is 6.94. The molecule has 1 aromatic carbocycles. The van der Waals surface area contributed by atoms with Crippen LogP contribution in [-0.2, 0) is 11.2 Å². The van der Waals surface area contributed by atoms with Gasteiger partial charge >= 0.3 is 0 Å². The van der Waals surface area contributed by atoms with Crippen LogP contribution < -0.4 is 11.1 Å². The van der Waals surface area contributed by atoms with E-state index in [-0.39, 0.29) is 0 Å². The lowest BCUT2D eigenvalue weighted by Gasteiger charge is -2.18. The van der Waals surface area contributed by atoms with Gasteiger partial charge in [0.25, 0.3) is 0 Å². The first-order valence-electron chi connectivity index (χ1n) is 8.86. The van der Waals surface area contributed by atoms with Crippen LogP contribution in [0.5, 0.6) is 0 Å². The molecule has 0 spiro atoms. The predicted molar refractivity (Wildman–Crippen MR) is 111 cm³/mol. The van der Waals surface area contributed by atoms with Gasteiger partial charge in [0.2, 0.25) is 12.4 Å². The Kier molecular flexibility index (Phi) is 4.95. The Balaban J connectivity index is 1.70. The summed E-state index contributed by atoms with van der Waals surface area (Å²) in [5.41, 5.74) is 9.01. The number of aliphatic imine (C=N–C) groups is 1. The van der Waals surface area contributed by atoms with E-state index < -0.39 is 0 Å². The number of rotatable bonds is 5. The van der Waals surface area contributed by atoms with Crippen molar-refractivity contribution >= 4 is 57.5 Å². The van der Waals surface area contributed by atoms with Crippen LogP contribution in [0.15, 0.2) is 23.2 Å². The SMILES string of the molecule is NC(=S)C1CCCC1Cc1ccc2nc(NC=O)n(C3=NCCS3)c2c1. The van der Waals surface area contributed by atoms with Crippen LogP contribution in [0.1, 0.15) is 24.8 Å². The summed E-state index contributed by atoms with van der Waals surface area (Å²) in [5, 5.41) is 3.59. The van der Waals surface area contributed by atoms with Crippen molar-refractivity contribution in [3.8, 4) is 0 Å². The van der Waals surface area contributed by atoms with Crippen molar-refractivity contribution in [1.82, 2.24) is 9.55 Å². The Labute approximate surface area is 161 Å². The van der Waals surface area contributed by atoms with E-state index in [4.69, 9.17) is 18.0 Å². The van der Waals surface area contributed by atoms with Crippen LogP contribution in [0.2, 0.25) is 0 Å². The topological polar surface area (TPSA) is 85.3 Å². The first kappa shape index (κ1) is 17.5. The molecule has 3 N–H and O–H groups in total. The van der Waals surface area contributed by atoms with Crippen LogP contribution in [0.25, 0.3) is 11.0 Å². The number of anilines is 1. The number of nitrogens with two attached hydrogens (primary N) is 1. The lowest BCUT2D eigenvalue weighted by Crippen LogP contribution is -2.25. The number of carbonyl (C=O) groups is 1. The van der Waals surface area contributed by atoms with E-state index >= 15 is 0 Å². The van der Waals surface area contributed by atoms with Gasteiger partial charge in [-0.2, -0.15) is 0 Å². The second kappa shape index (κ2) is 7.36. The van der Waals surface area contributed by atoms with E-state index in [1.54, 1.807) is 11.8 Å². The molecule has 2 unspecified atom stereocenters. The molecule has 8 heteroatoms. The highest BCUT2D eigenvalue weighted by Crippen LogP contribution is 2.35. The van der Waals surface area contributed by atoms with Crippen LogP contribution in [0.3, 0.4) is 0 Å². The summed E-state index contributed by atoms with van der Waals surface area (Å²) in [5.74, 6) is 2.31. The van der Waals surface area contributed by atoms with E-state index in [0.717, 1.165) is 41.3 Å². The van der Waals surface area contributed by atoms with Gasteiger partial charge < -0.3 is 5.73 Å². The van der Waals surface area contributed by atoms with Gasteiger partial charge in [0.15, 0.2) is 5.17 Å². The van der Waals surface area contributed by atoms with Gasteiger partial charge in [-0.1, -0.05) is 36.5 Å². The van der Waals surface area contributed by atoms with Crippen molar-refractivity contribution in [3.63, 3.8) is 0 Å². The summed E-state index contributed by atoms with van der Waals surface area (Å²) in [4.78, 5) is 20.7. The number of benzene rings is 1. The summed E-state index contributed by atoms with van der Waals surface area (Å²) in [6.45, 7) is 0.789. The molecule has 1 aliphatic carbocycles. The highest BCUT2D eigenvalue weighted by Gasteiger charge is 2.29. The largest absolute Gasteiger partial charge is 0.393 e. The molecule has 1 saturated carbocycles. The lowest BCUT2D eigenvalue weighted by molar-refractivity contribution is -0.105. The van der Waals surface area contributed by atoms with Crippen LogP contribution in [-0.4, -0.2) is 38.4 Å². The molecule has 1 aromatic heterocycles. The molecule has 0 saturated heterocycles. The van der Waals surface area contributed by atoms with Gasteiger partial charge in [0, 0.05) is 11.7 Å². The number of aromatic nitrogens is 2. The minimum absolute atomic E-state index is 0.340. The number of hydrogen-bond acceptors (Lipinski definition) is 5. The number of thioether (sulfide) groups is 1. The fourth-order valence-electron chi connectivity index (χ4n) is 4.01. The van der Waals surface area contributed by atoms with E-state index in [2.05, 4.69) is 27.4 Å². The third kappa shape index (κ3) is 3.23. The smallest absolute Gasteiger partial charge is 0.216 e. The summed E-state index contributed by atoms with van der Waals surface area (Å²) in [7, 11) is 0. The van der Waals surface area contributed by atoms with Crippen molar-refractivity contribution in [2.45, 2.75) is 25.7 Å². The average molecular weight is 388 g/mol. The molecule has 1 fully saturated rings. The second-order valence-corrected chi connectivity index (χ2v) is 8.31. The maximum atomic E-state index is 11.0. The average Bonchev–Trinajstić information content (AvgIpc) is 3.33. The van der Waals surface area contributed by atoms with E-state index in [1.165, 1.54) is 18.4 Å². The molecule has 0 radical (unpaired) electrons. The molecule has 2 heterocycles. The molecule has 26 heavy (non-hydrogen) atoms. The Morgan fingerprint density at radius 2 is 2.35 bits per heavy atom. The Hall–Kier alpha value is -1.93. The van der Waals surface area contributed by atoms with E-state index in [0.29, 0.717) is 29.2 Å². The number of nitrogens with one attached hydrogen (secondary N) is 1. The summed E-state index contributed by atoms with van der Waals surface area (Å²) < 4.78 is 1.95. The minimum Gasteiger partial charge on any atom is -0.393 e. The van der Waals surface area contributed by atoms with Gasteiger partial charge in [0.05, 0.1) is 22.6 Å². The Morgan fingerprint density at radius 1 is 1.46 bits per heavy atom. The first-order chi connectivity index (χ1) is 12.7. The maximum absolute atomic E-state index is 11.0. The number of thiocarbonyl (C=S) groups is 1. The van der Waals surface area contributed by atoms with Crippen LogP contribution in [0.4, 0.5) is 5.95 Å². The predicted octanol–water partition coefficient (Wildman–Crippen LogP) is 2.80. The zero-order valence-corrected chi connectivity index (χ0v) is 16.0. The number of hydrogen-bond donors (Lipinski definition) is 2.